The minimum Gasteiger partial charge on any atom is -0.544 e. The van der Waals surface area contributed by atoms with Crippen molar-refractivity contribution in [3.63, 3.8) is 0 Å². The zero-order chi connectivity index (χ0) is 43.5. The molecule has 2 unspecified atom stereocenters. The van der Waals surface area contributed by atoms with E-state index >= 15 is 0 Å². The van der Waals surface area contributed by atoms with Crippen LogP contribution in [0.2, 0.25) is 0 Å². The Morgan fingerprint density at radius 3 is 1.56 bits per heavy atom. The summed E-state index contributed by atoms with van der Waals surface area (Å²) in [6.07, 6.45) is 52.2. The lowest BCUT2D eigenvalue weighted by Crippen LogP contribution is -2.55. The number of allylic oxidation sites excluding steroid dienone is 12. The van der Waals surface area contributed by atoms with Crippen LogP contribution in [-0.2, 0) is 28.6 Å². The van der Waals surface area contributed by atoms with Gasteiger partial charge in [-0.25, -0.2) is 0 Å². The number of carbonyl (C=O) groups excluding carboxylic acids is 3. The largest absolute Gasteiger partial charge is 0.544 e. The Kier molecular flexibility index (Phi) is 39.2. The Hall–Kier alpha value is -3.23. The molecule has 0 heterocycles. The maximum Gasteiger partial charge on any atom is 0.306 e. The highest BCUT2D eigenvalue weighted by Gasteiger charge is 2.25. The first-order valence-corrected chi connectivity index (χ1v) is 23.5. The van der Waals surface area contributed by atoms with Gasteiger partial charge in [-0.05, 0) is 64.2 Å². The number of carboxylic acids is 1. The number of carbonyl (C=O) groups is 3. The van der Waals surface area contributed by atoms with Gasteiger partial charge in [-0.3, -0.25) is 9.59 Å². The van der Waals surface area contributed by atoms with Crippen molar-refractivity contribution in [2.75, 3.05) is 41.0 Å². The normalized spacial score (nSPS) is 13.6. The van der Waals surface area contributed by atoms with Crippen LogP contribution in [0.3, 0.4) is 0 Å². The molecule has 0 aliphatic heterocycles. The summed E-state index contributed by atoms with van der Waals surface area (Å²) in [7, 11) is 5.38. The number of unbranched alkanes of at least 4 members (excludes halogenated alkanes) is 18. The summed E-state index contributed by atoms with van der Waals surface area (Å²) in [6, 6.07) is -0.738. The predicted molar refractivity (Wildman–Crippen MR) is 245 cm³/mol. The SMILES string of the molecule is CC/C=C/C=C/C=C/C=C/CCCCCC(=O)OC(COCCC(C(=O)[O-])[N+](C)(C)C)COC(=O)CCCCCCCCC/C=C/C/C=C/CCCCCCCCCC. The Morgan fingerprint density at radius 1 is 0.542 bits per heavy atom. The van der Waals surface area contributed by atoms with Gasteiger partial charge in [0, 0.05) is 19.3 Å². The van der Waals surface area contributed by atoms with E-state index < -0.39 is 18.1 Å². The molecule has 2 atom stereocenters. The fourth-order valence-electron chi connectivity index (χ4n) is 6.52. The van der Waals surface area contributed by atoms with Crippen molar-refractivity contribution in [3.05, 3.63) is 72.9 Å². The Morgan fingerprint density at radius 2 is 1.02 bits per heavy atom. The topological polar surface area (TPSA) is 102 Å². The van der Waals surface area contributed by atoms with E-state index in [1.54, 1.807) is 21.1 Å². The van der Waals surface area contributed by atoms with Gasteiger partial charge in [0.2, 0.25) is 0 Å². The van der Waals surface area contributed by atoms with Gasteiger partial charge in [0.05, 0.1) is 40.3 Å². The maximum absolute atomic E-state index is 12.7. The van der Waals surface area contributed by atoms with Gasteiger partial charge in [0.1, 0.15) is 12.6 Å². The van der Waals surface area contributed by atoms with E-state index in [4.69, 9.17) is 14.2 Å². The molecule has 0 saturated heterocycles. The highest BCUT2D eigenvalue weighted by atomic mass is 16.6. The lowest BCUT2D eigenvalue weighted by Gasteiger charge is -2.34. The molecule has 0 radical (unpaired) electrons. The third-order valence-corrected chi connectivity index (χ3v) is 10.2. The monoisotopic (exact) mass is 826 g/mol. The number of carboxylic acid groups (broad SMARTS) is 1. The highest BCUT2D eigenvalue weighted by molar-refractivity contribution is 5.70. The van der Waals surface area contributed by atoms with Gasteiger partial charge in [0.15, 0.2) is 6.10 Å². The summed E-state index contributed by atoms with van der Waals surface area (Å²) in [5.74, 6) is -1.80. The quantitative estimate of drug-likeness (QED) is 0.0199. The summed E-state index contributed by atoms with van der Waals surface area (Å²) in [4.78, 5) is 36.9. The maximum atomic E-state index is 12.7. The molecular weight excluding hydrogens is 739 g/mol. The fraction of sp³-hybridized carbons (Fsp3) is 0.706. The number of rotatable bonds is 41. The lowest BCUT2D eigenvalue weighted by molar-refractivity contribution is -0.889. The van der Waals surface area contributed by atoms with E-state index in [1.165, 1.54) is 83.5 Å². The molecule has 0 aliphatic carbocycles. The molecule has 0 bridgehead atoms. The van der Waals surface area contributed by atoms with Crippen LogP contribution in [0.25, 0.3) is 0 Å². The van der Waals surface area contributed by atoms with Crippen molar-refractivity contribution in [1.29, 1.82) is 0 Å². The van der Waals surface area contributed by atoms with Crippen LogP contribution in [0, 0.1) is 0 Å². The molecule has 0 spiro atoms. The van der Waals surface area contributed by atoms with Crippen molar-refractivity contribution in [2.24, 2.45) is 0 Å². The summed E-state index contributed by atoms with van der Waals surface area (Å²) in [5.41, 5.74) is 0. The van der Waals surface area contributed by atoms with E-state index in [9.17, 15) is 19.5 Å². The van der Waals surface area contributed by atoms with E-state index in [-0.39, 0.29) is 49.1 Å². The average Bonchev–Trinajstić information content (AvgIpc) is 3.19. The predicted octanol–water partition coefficient (Wildman–Crippen LogP) is 11.8. The number of quaternary nitrogens is 1. The van der Waals surface area contributed by atoms with Gasteiger partial charge in [0.25, 0.3) is 0 Å². The number of aliphatic carboxylic acids is 1. The summed E-state index contributed by atoms with van der Waals surface area (Å²) < 4.78 is 17.1. The minimum absolute atomic E-state index is 0.0184. The van der Waals surface area contributed by atoms with Gasteiger partial charge < -0.3 is 28.6 Å². The second-order valence-corrected chi connectivity index (χ2v) is 16.7. The molecular formula is C51H87NO7. The molecule has 0 aromatic rings. The molecule has 0 rings (SSSR count). The molecule has 0 aliphatic rings. The number of ether oxygens (including phenoxy) is 3. The number of likely N-dealkylation sites (N-methyl/N-ethyl adjacent to an activating group) is 1. The van der Waals surface area contributed by atoms with Gasteiger partial charge in [-0.15, -0.1) is 0 Å². The standard InChI is InChI=1S/C51H87NO7/c1-6-8-10-12-14-16-18-20-21-22-23-24-25-26-27-28-30-31-33-35-37-39-41-49(53)58-46-47(45-57-44-43-48(51(55)56)52(3,4)5)59-50(54)42-40-38-36-34-32-29-19-17-15-13-11-9-7-2/h9,11,13,15,17,19,22-23,25-26,29,32,47-48H,6-8,10,12,14,16,18,20-21,24,27-28,30-31,33-46H2,1-5H3/b11-9+,15-13+,19-17+,23-22+,26-25+,32-29+. The van der Waals surface area contributed by atoms with Crippen LogP contribution in [-0.4, -0.2) is 75.5 Å². The second-order valence-electron chi connectivity index (χ2n) is 16.7. The van der Waals surface area contributed by atoms with Crippen molar-refractivity contribution < 1.29 is 38.2 Å². The average molecular weight is 826 g/mol. The van der Waals surface area contributed by atoms with E-state index in [1.807, 2.05) is 36.5 Å². The lowest BCUT2D eigenvalue weighted by atomic mass is 10.1. The molecule has 338 valence electrons. The summed E-state index contributed by atoms with van der Waals surface area (Å²) in [5, 5.41) is 11.6. The van der Waals surface area contributed by atoms with E-state index in [0.717, 1.165) is 57.8 Å². The molecule has 8 nitrogen and oxygen atoms in total. The Balaban J connectivity index is 4.31. The number of hydrogen-bond acceptors (Lipinski definition) is 7. The molecule has 8 heteroatoms. The molecule has 0 fully saturated rings. The van der Waals surface area contributed by atoms with Gasteiger partial charge >= 0.3 is 11.9 Å². The third-order valence-electron chi connectivity index (χ3n) is 10.2. The van der Waals surface area contributed by atoms with E-state index in [2.05, 4.69) is 50.3 Å². The summed E-state index contributed by atoms with van der Waals surface area (Å²) in [6.45, 7) is 4.46. The highest BCUT2D eigenvalue weighted by Crippen LogP contribution is 2.13. The molecule has 0 aromatic carbocycles. The van der Waals surface area contributed by atoms with Gasteiger partial charge in [-0.1, -0.05) is 170 Å². The molecule has 0 saturated carbocycles. The van der Waals surface area contributed by atoms with Crippen LogP contribution >= 0.6 is 0 Å². The van der Waals surface area contributed by atoms with Crippen LogP contribution in [0.5, 0.6) is 0 Å². The Bertz CT molecular complexity index is 1190. The van der Waals surface area contributed by atoms with Crippen LogP contribution < -0.4 is 5.11 Å². The van der Waals surface area contributed by atoms with Crippen LogP contribution in [0.15, 0.2) is 72.9 Å². The number of nitrogens with zero attached hydrogens (tertiary/aromatic N) is 1. The second kappa shape index (κ2) is 41.5. The smallest absolute Gasteiger partial charge is 0.306 e. The minimum atomic E-state index is -1.14. The van der Waals surface area contributed by atoms with Crippen molar-refractivity contribution in [2.45, 2.75) is 193 Å². The number of esters is 2. The fourth-order valence-corrected chi connectivity index (χ4v) is 6.52. The van der Waals surface area contributed by atoms with Crippen molar-refractivity contribution in [3.8, 4) is 0 Å². The Labute approximate surface area is 361 Å². The molecule has 0 aromatic heterocycles. The first kappa shape index (κ1) is 55.8. The summed E-state index contributed by atoms with van der Waals surface area (Å²) >= 11 is 0. The van der Waals surface area contributed by atoms with Crippen molar-refractivity contribution >= 4 is 17.9 Å². The third kappa shape index (κ3) is 40.0. The zero-order valence-corrected chi connectivity index (χ0v) is 38.4. The zero-order valence-electron chi connectivity index (χ0n) is 38.4. The van der Waals surface area contributed by atoms with Gasteiger partial charge in [-0.2, -0.15) is 0 Å². The first-order chi connectivity index (χ1) is 28.6. The van der Waals surface area contributed by atoms with Crippen molar-refractivity contribution in [1.82, 2.24) is 0 Å². The number of hydrogen-bond donors (Lipinski definition) is 0. The molecule has 0 amide bonds. The van der Waals surface area contributed by atoms with Crippen LogP contribution in [0.4, 0.5) is 0 Å². The van der Waals surface area contributed by atoms with E-state index in [0.29, 0.717) is 12.8 Å². The first-order valence-electron chi connectivity index (χ1n) is 23.5. The molecule has 0 N–H and O–H groups in total. The van der Waals surface area contributed by atoms with Crippen LogP contribution in [0.1, 0.15) is 181 Å². The molecule has 59 heavy (non-hydrogen) atoms.